The highest BCUT2D eigenvalue weighted by Gasteiger charge is 2.11. The van der Waals surface area contributed by atoms with Gasteiger partial charge in [-0.05, 0) is 23.3 Å². The van der Waals surface area contributed by atoms with Gasteiger partial charge in [-0.25, -0.2) is 0 Å². The predicted octanol–water partition coefficient (Wildman–Crippen LogP) is 3.90. The van der Waals surface area contributed by atoms with Crippen molar-refractivity contribution in [2.45, 2.75) is 18.3 Å². The van der Waals surface area contributed by atoms with Gasteiger partial charge in [0.25, 0.3) is 0 Å². The molecule has 102 valence electrons. The third-order valence-electron chi connectivity index (χ3n) is 3.07. The Bertz CT molecular complexity index is 578. The topological polar surface area (TPSA) is 39.9 Å². The second-order valence-corrected chi connectivity index (χ2v) is 5.01. The molecule has 0 N–H and O–H groups in total. The lowest BCUT2D eigenvalue weighted by atomic mass is 10.1. The largest absolute Gasteiger partial charge is 0.366 e. The van der Waals surface area contributed by atoms with E-state index in [-0.39, 0.29) is 0 Å². The van der Waals surface area contributed by atoms with Crippen LogP contribution in [0.25, 0.3) is 0 Å². The molecule has 0 saturated heterocycles. The monoisotopic (exact) mass is 329 g/mol. The number of anilines is 1. The molecule has 2 rings (SSSR count). The van der Waals surface area contributed by atoms with Crippen molar-refractivity contribution in [1.29, 1.82) is 5.26 Å². The van der Waals surface area contributed by atoms with Crippen molar-refractivity contribution in [3.8, 4) is 6.07 Å². The van der Waals surface area contributed by atoms with Crippen LogP contribution < -0.4 is 4.90 Å². The molecule has 0 spiro atoms. The van der Waals surface area contributed by atoms with E-state index in [0.717, 1.165) is 24.0 Å². The van der Waals surface area contributed by atoms with Gasteiger partial charge in [0.1, 0.15) is 0 Å². The Balaban J connectivity index is 2.25. The highest BCUT2D eigenvalue weighted by Crippen LogP contribution is 2.24. The van der Waals surface area contributed by atoms with Crippen molar-refractivity contribution in [2.24, 2.45) is 0 Å². The first-order valence-electron chi connectivity index (χ1n) is 6.50. The minimum atomic E-state index is 0.511. The molecule has 1 aromatic heterocycles. The second-order valence-electron chi connectivity index (χ2n) is 4.45. The summed E-state index contributed by atoms with van der Waals surface area (Å²) in [6, 6.07) is 14.5. The average molecular weight is 330 g/mol. The molecule has 0 aliphatic carbocycles. The molecule has 0 aliphatic rings. The summed E-state index contributed by atoms with van der Waals surface area (Å²) in [7, 11) is 0. The van der Waals surface area contributed by atoms with Crippen molar-refractivity contribution in [3.63, 3.8) is 0 Å². The summed E-state index contributed by atoms with van der Waals surface area (Å²) < 4.78 is 0. The molecule has 4 heteroatoms. The van der Waals surface area contributed by atoms with E-state index in [1.807, 2.05) is 24.4 Å². The molecule has 3 nitrogen and oxygen atoms in total. The van der Waals surface area contributed by atoms with E-state index in [9.17, 15) is 0 Å². The minimum absolute atomic E-state index is 0.511. The van der Waals surface area contributed by atoms with Crippen molar-refractivity contribution < 1.29 is 0 Å². The first kappa shape index (κ1) is 14.5. The van der Waals surface area contributed by atoms with Crippen LogP contribution in [-0.4, -0.2) is 11.5 Å². The summed E-state index contributed by atoms with van der Waals surface area (Å²) in [4.78, 5) is 6.39. The van der Waals surface area contributed by atoms with Crippen LogP contribution in [0.1, 0.15) is 17.5 Å². The molecule has 0 fully saturated rings. The number of aromatic nitrogens is 1. The third kappa shape index (κ3) is 3.82. The fourth-order valence-corrected chi connectivity index (χ4v) is 2.59. The number of para-hydroxylation sites is 1. The standard InChI is InChI=1S/C16H16BrN3/c17-11-15-6-1-2-7-16(15)20(10-4-8-18)13-14-5-3-9-19-12-14/h1-3,5-7,9,12H,4,10-11,13H2. The zero-order valence-electron chi connectivity index (χ0n) is 11.2. The van der Waals surface area contributed by atoms with E-state index in [0.29, 0.717) is 6.42 Å². The Kier molecular flexibility index (Phi) is 5.57. The maximum atomic E-state index is 8.86. The van der Waals surface area contributed by atoms with Gasteiger partial charge in [0.15, 0.2) is 0 Å². The number of alkyl halides is 1. The van der Waals surface area contributed by atoms with Crippen LogP contribution >= 0.6 is 15.9 Å². The van der Waals surface area contributed by atoms with Crippen molar-refractivity contribution in [2.75, 3.05) is 11.4 Å². The van der Waals surface area contributed by atoms with E-state index < -0.39 is 0 Å². The summed E-state index contributed by atoms with van der Waals surface area (Å²) >= 11 is 3.53. The lowest BCUT2D eigenvalue weighted by Gasteiger charge is -2.26. The van der Waals surface area contributed by atoms with Gasteiger partial charge < -0.3 is 4.90 Å². The number of hydrogen-bond acceptors (Lipinski definition) is 3. The molecular weight excluding hydrogens is 314 g/mol. The van der Waals surface area contributed by atoms with Crippen LogP contribution in [0.2, 0.25) is 0 Å². The number of nitriles is 1. The molecule has 1 heterocycles. The van der Waals surface area contributed by atoms with Crippen LogP contribution in [-0.2, 0) is 11.9 Å². The Labute approximate surface area is 128 Å². The molecule has 0 aliphatic heterocycles. The third-order valence-corrected chi connectivity index (χ3v) is 3.67. The van der Waals surface area contributed by atoms with Gasteiger partial charge in [0.2, 0.25) is 0 Å². The number of nitrogens with zero attached hydrogens (tertiary/aromatic N) is 3. The Morgan fingerprint density at radius 3 is 2.75 bits per heavy atom. The highest BCUT2D eigenvalue weighted by molar-refractivity contribution is 9.08. The number of pyridine rings is 1. The molecular formula is C16H16BrN3. The normalized spacial score (nSPS) is 10.0. The zero-order valence-corrected chi connectivity index (χ0v) is 12.8. The fourth-order valence-electron chi connectivity index (χ4n) is 2.11. The van der Waals surface area contributed by atoms with Crippen LogP contribution in [0.5, 0.6) is 0 Å². The van der Waals surface area contributed by atoms with Gasteiger partial charge >= 0.3 is 0 Å². The van der Waals surface area contributed by atoms with Gasteiger partial charge in [0, 0.05) is 36.5 Å². The molecule has 0 saturated carbocycles. The van der Waals surface area contributed by atoms with Crippen molar-refractivity contribution in [1.82, 2.24) is 4.98 Å². The van der Waals surface area contributed by atoms with Crippen LogP contribution in [0.3, 0.4) is 0 Å². The smallest absolute Gasteiger partial charge is 0.0640 e. The fraction of sp³-hybridized carbons (Fsp3) is 0.250. The van der Waals surface area contributed by atoms with Crippen LogP contribution in [0.4, 0.5) is 5.69 Å². The highest BCUT2D eigenvalue weighted by atomic mass is 79.9. The first-order valence-corrected chi connectivity index (χ1v) is 7.62. The summed E-state index contributed by atoms with van der Waals surface area (Å²) in [6.07, 6.45) is 4.16. The Morgan fingerprint density at radius 1 is 1.20 bits per heavy atom. The summed E-state index contributed by atoms with van der Waals surface area (Å²) in [5.41, 5.74) is 3.55. The molecule has 20 heavy (non-hydrogen) atoms. The lowest BCUT2D eigenvalue weighted by molar-refractivity contribution is 0.792. The number of rotatable bonds is 6. The average Bonchev–Trinajstić information content (AvgIpc) is 2.52. The van der Waals surface area contributed by atoms with E-state index in [2.05, 4.69) is 50.1 Å². The summed E-state index contributed by atoms with van der Waals surface area (Å²) in [5, 5.41) is 9.66. The molecule has 0 unspecified atom stereocenters. The van der Waals surface area contributed by atoms with Gasteiger partial charge in [-0.3, -0.25) is 4.98 Å². The molecule has 0 bridgehead atoms. The maximum Gasteiger partial charge on any atom is 0.0640 e. The number of halogens is 1. The van der Waals surface area contributed by atoms with E-state index in [4.69, 9.17) is 5.26 Å². The maximum absolute atomic E-state index is 8.86. The van der Waals surface area contributed by atoms with Gasteiger partial charge in [-0.15, -0.1) is 0 Å². The molecule has 0 radical (unpaired) electrons. The van der Waals surface area contributed by atoms with Gasteiger partial charge in [-0.1, -0.05) is 40.2 Å². The van der Waals surface area contributed by atoms with Gasteiger partial charge in [-0.2, -0.15) is 5.26 Å². The summed E-state index contributed by atoms with van der Waals surface area (Å²) in [5.74, 6) is 0. The Hall–Kier alpha value is -1.86. The second kappa shape index (κ2) is 7.66. The number of hydrogen-bond donors (Lipinski definition) is 0. The Morgan fingerprint density at radius 2 is 2.05 bits per heavy atom. The van der Waals surface area contributed by atoms with Crippen molar-refractivity contribution in [3.05, 3.63) is 59.9 Å². The molecule has 2 aromatic rings. The molecule has 0 atom stereocenters. The van der Waals surface area contributed by atoms with E-state index in [1.165, 1.54) is 11.3 Å². The lowest BCUT2D eigenvalue weighted by Crippen LogP contribution is -2.24. The predicted molar refractivity (Wildman–Crippen MR) is 84.6 cm³/mol. The van der Waals surface area contributed by atoms with E-state index >= 15 is 0 Å². The van der Waals surface area contributed by atoms with Crippen LogP contribution in [0, 0.1) is 11.3 Å². The SMILES string of the molecule is N#CCCN(Cc1cccnc1)c1ccccc1CBr. The number of benzene rings is 1. The first-order chi connectivity index (χ1) is 9.85. The summed E-state index contributed by atoms with van der Waals surface area (Å²) in [6.45, 7) is 1.48. The van der Waals surface area contributed by atoms with Crippen LogP contribution in [0.15, 0.2) is 48.8 Å². The molecule has 0 amide bonds. The zero-order chi connectivity index (χ0) is 14.2. The minimum Gasteiger partial charge on any atom is -0.366 e. The van der Waals surface area contributed by atoms with Crippen molar-refractivity contribution >= 4 is 21.6 Å². The van der Waals surface area contributed by atoms with E-state index in [1.54, 1.807) is 6.20 Å². The molecule has 1 aromatic carbocycles. The quantitative estimate of drug-likeness (QED) is 0.754. The van der Waals surface area contributed by atoms with Gasteiger partial charge in [0.05, 0.1) is 12.5 Å².